The minimum Gasteiger partial charge on any atom is -0.475 e. The number of rotatable bonds is 4. The Morgan fingerprint density at radius 3 is 2.25 bits per heavy atom. The number of nitrogens with one attached hydrogen (secondary N) is 1. The molecular weight excluding hydrogens is 475 g/mol. The van der Waals surface area contributed by atoms with E-state index in [-0.39, 0.29) is 29.2 Å². The molecule has 1 aliphatic carbocycles. The lowest BCUT2D eigenvalue weighted by Crippen LogP contribution is -2.44. The number of aromatic nitrogens is 1. The van der Waals surface area contributed by atoms with Crippen LogP contribution in [0.1, 0.15) is 66.9 Å². The van der Waals surface area contributed by atoms with Gasteiger partial charge in [0, 0.05) is 43.5 Å². The molecule has 10 heteroatoms. The molecule has 1 aliphatic heterocycles. The predicted octanol–water partition coefficient (Wildman–Crippen LogP) is 4.29. The summed E-state index contributed by atoms with van der Waals surface area (Å²) in [5, 5.41) is 10.2. The van der Waals surface area contributed by atoms with Crippen molar-refractivity contribution < 1.29 is 32.7 Å². The molecule has 0 bridgehead atoms. The summed E-state index contributed by atoms with van der Waals surface area (Å²) in [6.07, 6.45) is 1.68. The van der Waals surface area contributed by atoms with Crippen LogP contribution in [0.4, 0.5) is 13.2 Å². The summed E-state index contributed by atoms with van der Waals surface area (Å²) in [6, 6.07) is 12.3. The van der Waals surface area contributed by atoms with Gasteiger partial charge in [0.05, 0.1) is 0 Å². The molecule has 2 N–H and O–H groups in total. The van der Waals surface area contributed by atoms with E-state index < -0.39 is 12.1 Å². The number of likely N-dealkylation sites (tertiary alicyclic amines) is 1. The number of benzene rings is 1. The Balaban J connectivity index is 0.000000454. The molecule has 7 nitrogen and oxygen atoms in total. The Morgan fingerprint density at radius 2 is 1.69 bits per heavy atom. The molecular formula is C26H30F3N3O4. The van der Waals surface area contributed by atoms with Crippen molar-refractivity contribution >= 4 is 17.8 Å². The van der Waals surface area contributed by atoms with E-state index in [1.54, 1.807) is 24.5 Å². The number of nitrogens with zero attached hydrogens (tertiary/aromatic N) is 2. The van der Waals surface area contributed by atoms with E-state index in [0.717, 1.165) is 32.4 Å². The van der Waals surface area contributed by atoms with Crippen molar-refractivity contribution in [3.8, 4) is 0 Å². The quantitative estimate of drug-likeness (QED) is 0.646. The molecule has 1 atom stereocenters. The maximum Gasteiger partial charge on any atom is 0.490 e. The Labute approximate surface area is 207 Å². The molecule has 0 radical (unpaired) electrons. The van der Waals surface area contributed by atoms with Crippen LogP contribution in [-0.4, -0.2) is 58.1 Å². The van der Waals surface area contributed by atoms with Gasteiger partial charge in [0.15, 0.2) is 0 Å². The molecule has 4 rings (SSSR count). The van der Waals surface area contributed by atoms with Gasteiger partial charge in [-0.1, -0.05) is 24.3 Å². The first kappa shape index (κ1) is 27.2. The predicted molar refractivity (Wildman–Crippen MR) is 126 cm³/mol. The molecule has 194 valence electrons. The van der Waals surface area contributed by atoms with Crippen LogP contribution >= 0.6 is 0 Å². The molecule has 2 amide bonds. The number of hydrogen-bond donors (Lipinski definition) is 2. The van der Waals surface area contributed by atoms with Crippen LogP contribution in [-0.2, 0) is 15.0 Å². The maximum atomic E-state index is 12.8. The van der Waals surface area contributed by atoms with Gasteiger partial charge in [0.25, 0.3) is 5.91 Å². The zero-order chi connectivity index (χ0) is 26.5. The molecule has 1 aromatic carbocycles. The molecule has 1 fully saturated rings. The van der Waals surface area contributed by atoms with Crippen molar-refractivity contribution in [1.82, 2.24) is 15.2 Å². The second-order valence-corrected chi connectivity index (χ2v) is 9.53. The molecule has 1 aromatic heterocycles. The number of piperidine rings is 1. The fraction of sp³-hybridized carbons (Fsp3) is 0.462. The third-order valence-electron chi connectivity index (χ3n) is 6.67. The highest BCUT2D eigenvalue weighted by Gasteiger charge is 2.46. The topological polar surface area (TPSA) is 99.6 Å². The molecule has 2 heterocycles. The zero-order valence-electron chi connectivity index (χ0n) is 20.2. The number of carbonyl (C=O) groups is 3. The van der Waals surface area contributed by atoms with E-state index in [2.05, 4.69) is 34.6 Å². The van der Waals surface area contributed by atoms with Crippen molar-refractivity contribution in [2.45, 2.75) is 63.1 Å². The maximum absolute atomic E-state index is 12.8. The molecule has 1 saturated heterocycles. The average Bonchev–Trinajstić information content (AvgIpc) is 3.11. The van der Waals surface area contributed by atoms with Gasteiger partial charge in [-0.3, -0.25) is 14.6 Å². The summed E-state index contributed by atoms with van der Waals surface area (Å²) >= 11 is 0. The van der Waals surface area contributed by atoms with Crippen molar-refractivity contribution in [3.05, 3.63) is 65.5 Å². The second-order valence-electron chi connectivity index (χ2n) is 9.53. The lowest BCUT2D eigenvalue weighted by atomic mass is 9.73. The third kappa shape index (κ3) is 6.41. The second kappa shape index (κ2) is 11.1. The van der Waals surface area contributed by atoms with Crippen LogP contribution in [0, 0.1) is 0 Å². The number of fused-ring (bicyclic) bond motifs is 2. The normalized spacial score (nSPS) is 18.3. The number of carboxylic acids is 1. The highest BCUT2D eigenvalue weighted by Crippen LogP contribution is 2.52. The van der Waals surface area contributed by atoms with Crippen LogP contribution in [0.15, 0.2) is 48.8 Å². The van der Waals surface area contributed by atoms with Gasteiger partial charge < -0.3 is 15.3 Å². The van der Waals surface area contributed by atoms with Gasteiger partial charge in [0.2, 0.25) is 5.91 Å². The highest BCUT2D eigenvalue weighted by atomic mass is 19.4. The van der Waals surface area contributed by atoms with Gasteiger partial charge in [-0.25, -0.2) is 4.79 Å². The number of hydrogen-bond acceptors (Lipinski definition) is 4. The first-order chi connectivity index (χ1) is 16.9. The first-order valence-corrected chi connectivity index (χ1v) is 11.8. The lowest BCUT2D eigenvalue weighted by Gasteiger charge is -2.40. The highest BCUT2D eigenvalue weighted by molar-refractivity contribution is 5.94. The van der Waals surface area contributed by atoms with E-state index >= 15 is 0 Å². The minimum absolute atomic E-state index is 0.0778. The van der Waals surface area contributed by atoms with Crippen molar-refractivity contribution in [3.63, 3.8) is 0 Å². The van der Waals surface area contributed by atoms with Crippen LogP contribution in [0.5, 0.6) is 0 Å². The largest absolute Gasteiger partial charge is 0.490 e. The molecule has 2 aliphatic rings. The fourth-order valence-electron chi connectivity index (χ4n) is 5.10. The van der Waals surface area contributed by atoms with Gasteiger partial charge in [-0.2, -0.15) is 13.2 Å². The van der Waals surface area contributed by atoms with Crippen LogP contribution < -0.4 is 5.32 Å². The smallest absolute Gasteiger partial charge is 0.475 e. The standard InChI is InChI=1S/C24H29N3O2.C2HF3O2/c1-17(2)26-22(28)15-19-16-24(21-6-4-3-5-20(19)21)9-13-27(14-10-24)23(29)18-7-11-25-12-8-18;3-2(4,5)1(6)7/h3-8,11-12,17,19H,9-10,13-16H2,1-2H3,(H,26,28);(H,6,7). The zero-order valence-corrected chi connectivity index (χ0v) is 20.2. The number of amides is 2. The summed E-state index contributed by atoms with van der Waals surface area (Å²) in [5.41, 5.74) is 3.48. The summed E-state index contributed by atoms with van der Waals surface area (Å²) < 4.78 is 31.7. The Kier molecular flexibility index (Phi) is 8.37. The van der Waals surface area contributed by atoms with Gasteiger partial charge in [0.1, 0.15) is 0 Å². The Bertz CT molecular complexity index is 1080. The van der Waals surface area contributed by atoms with E-state index in [1.165, 1.54) is 11.1 Å². The van der Waals surface area contributed by atoms with Gasteiger partial charge in [-0.15, -0.1) is 0 Å². The van der Waals surface area contributed by atoms with Crippen molar-refractivity contribution in [2.75, 3.05) is 13.1 Å². The number of carbonyl (C=O) groups excluding carboxylic acids is 2. The van der Waals surface area contributed by atoms with Crippen molar-refractivity contribution in [2.24, 2.45) is 0 Å². The summed E-state index contributed by atoms with van der Waals surface area (Å²) in [4.78, 5) is 40.1. The van der Waals surface area contributed by atoms with E-state index in [0.29, 0.717) is 12.0 Å². The van der Waals surface area contributed by atoms with Gasteiger partial charge in [-0.05, 0) is 67.7 Å². The molecule has 1 spiro atoms. The third-order valence-corrected chi connectivity index (χ3v) is 6.67. The van der Waals surface area contributed by atoms with Crippen LogP contribution in [0.3, 0.4) is 0 Å². The molecule has 1 unspecified atom stereocenters. The van der Waals surface area contributed by atoms with E-state index in [1.807, 2.05) is 18.7 Å². The van der Waals surface area contributed by atoms with Crippen molar-refractivity contribution in [1.29, 1.82) is 0 Å². The van der Waals surface area contributed by atoms with E-state index in [9.17, 15) is 22.8 Å². The Morgan fingerprint density at radius 1 is 1.11 bits per heavy atom. The fourth-order valence-corrected chi connectivity index (χ4v) is 5.10. The Hall–Kier alpha value is -3.43. The summed E-state index contributed by atoms with van der Waals surface area (Å²) in [6.45, 7) is 5.50. The monoisotopic (exact) mass is 505 g/mol. The number of pyridine rings is 1. The molecule has 2 aromatic rings. The van der Waals surface area contributed by atoms with Crippen LogP contribution in [0.25, 0.3) is 0 Å². The number of aliphatic carboxylic acids is 1. The minimum atomic E-state index is -5.08. The summed E-state index contributed by atoms with van der Waals surface area (Å²) in [7, 11) is 0. The van der Waals surface area contributed by atoms with Gasteiger partial charge >= 0.3 is 12.1 Å². The lowest BCUT2D eigenvalue weighted by molar-refractivity contribution is -0.192. The van der Waals surface area contributed by atoms with Crippen LogP contribution in [0.2, 0.25) is 0 Å². The SMILES string of the molecule is CC(C)NC(=O)CC1CC2(CCN(C(=O)c3ccncc3)CC2)c2ccccc21.O=C(O)C(F)(F)F. The number of carboxylic acid groups (broad SMARTS) is 1. The molecule has 0 saturated carbocycles. The first-order valence-electron chi connectivity index (χ1n) is 11.8. The summed E-state index contributed by atoms with van der Waals surface area (Å²) in [5.74, 6) is -2.29. The van der Waals surface area contributed by atoms with E-state index in [4.69, 9.17) is 9.90 Å². The average molecular weight is 506 g/mol. The number of alkyl halides is 3. The number of halogens is 3. The molecule has 36 heavy (non-hydrogen) atoms.